The second-order valence-electron chi connectivity index (χ2n) is 6.61. The van der Waals surface area contributed by atoms with Crippen LogP contribution in [0.3, 0.4) is 0 Å². The fourth-order valence-electron chi connectivity index (χ4n) is 2.72. The molecule has 174 valence electrons. The summed E-state index contributed by atoms with van der Waals surface area (Å²) in [6.45, 7) is 0.225. The predicted octanol–water partition coefficient (Wildman–Crippen LogP) is 5.65. The summed E-state index contributed by atoms with van der Waals surface area (Å²) in [5.41, 5.74) is 3.16. The number of benzene rings is 3. The van der Waals surface area contributed by atoms with Gasteiger partial charge in [-0.05, 0) is 86.6 Å². The first-order valence-electron chi connectivity index (χ1n) is 9.23. The molecule has 0 unspecified atom stereocenters. The van der Waals surface area contributed by atoms with Gasteiger partial charge in [0, 0.05) is 18.2 Å². The van der Waals surface area contributed by atoms with E-state index in [-0.39, 0.29) is 18.0 Å². The molecular formula is C20H13I2N5O7. The van der Waals surface area contributed by atoms with Crippen molar-refractivity contribution in [2.24, 2.45) is 5.10 Å². The number of hydrazone groups is 1. The van der Waals surface area contributed by atoms with E-state index in [0.29, 0.717) is 11.3 Å². The smallest absolute Gasteiger partial charge is 0.301 e. The Morgan fingerprint density at radius 2 is 1.44 bits per heavy atom. The minimum Gasteiger partial charge on any atom is -0.487 e. The summed E-state index contributed by atoms with van der Waals surface area (Å²) in [6, 6.07) is 12.9. The van der Waals surface area contributed by atoms with Crippen molar-refractivity contribution in [3.63, 3.8) is 0 Å². The number of ether oxygens (including phenoxy) is 1. The largest absolute Gasteiger partial charge is 0.487 e. The van der Waals surface area contributed by atoms with Crippen LogP contribution in [-0.4, -0.2) is 21.0 Å². The van der Waals surface area contributed by atoms with Crippen LogP contribution in [0.4, 0.5) is 22.7 Å². The van der Waals surface area contributed by atoms with E-state index in [0.717, 1.165) is 24.8 Å². The lowest BCUT2D eigenvalue weighted by Crippen LogP contribution is -2.01. The molecule has 34 heavy (non-hydrogen) atoms. The zero-order chi connectivity index (χ0) is 24.8. The van der Waals surface area contributed by atoms with Crippen LogP contribution >= 0.6 is 45.2 Å². The average molecular weight is 689 g/mol. The van der Waals surface area contributed by atoms with Gasteiger partial charge in [-0.15, -0.1) is 0 Å². The number of nitrogens with one attached hydrogen (secondary N) is 1. The number of hydrogen-bond acceptors (Lipinski definition) is 9. The molecule has 3 aromatic rings. The summed E-state index contributed by atoms with van der Waals surface area (Å²) in [7, 11) is 0. The number of rotatable bonds is 9. The van der Waals surface area contributed by atoms with E-state index in [1.54, 1.807) is 24.3 Å². The van der Waals surface area contributed by atoms with Crippen molar-refractivity contribution in [1.29, 1.82) is 0 Å². The normalized spacial score (nSPS) is 10.8. The van der Waals surface area contributed by atoms with Crippen LogP contribution in [-0.2, 0) is 6.61 Å². The van der Waals surface area contributed by atoms with Gasteiger partial charge in [-0.3, -0.25) is 35.8 Å². The lowest BCUT2D eigenvalue weighted by molar-refractivity contribution is -0.393. The molecule has 0 amide bonds. The van der Waals surface area contributed by atoms with Crippen LogP contribution in [0.5, 0.6) is 5.75 Å². The van der Waals surface area contributed by atoms with Crippen molar-refractivity contribution in [2.75, 3.05) is 5.43 Å². The number of hydrogen-bond donors (Lipinski definition) is 1. The van der Waals surface area contributed by atoms with Crippen molar-refractivity contribution < 1.29 is 19.5 Å². The SMILES string of the molecule is O=[N+]([O-])c1ccc(COc2c(I)cc(/C=N\Nc3ccc([N+](=O)[O-])cc3[N+](=O)[O-])cc2I)cc1. The number of nitro benzene ring substituents is 3. The maximum Gasteiger partial charge on any atom is 0.301 e. The molecule has 3 aromatic carbocycles. The second kappa shape index (κ2) is 11.1. The molecule has 0 aliphatic heterocycles. The molecule has 1 N–H and O–H groups in total. The number of nitro groups is 3. The van der Waals surface area contributed by atoms with Gasteiger partial charge in [-0.25, -0.2) is 0 Å². The Hall–Kier alpha value is -3.41. The fraction of sp³-hybridized carbons (Fsp3) is 0.0500. The molecule has 0 aromatic heterocycles. The Bertz CT molecular complexity index is 1280. The number of nitrogens with zero attached hydrogens (tertiary/aromatic N) is 4. The van der Waals surface area contributed by atoms with Gasteiger partial charge in [0.25, 0.3) is 11.4 Å². The first kappa shape index (κ1) is 25.2. The summed E-state index contributed by atoms with van der Waals surface area (Å²) in [4.78, 5) is 30.9. The first-order valence-corrected chi connectivity index (χ1v) is 11.4. The molecule has 0 aliphatic carbocycles. The van der Waals surface area contributed by atoms with Crippen molar-refractivity contribution in [3.05, 3.63) is 103 Å². The molecule has 0 fully saturated rings. The maximum atomic E-state index is 11.2. The van der Waals surface area contributed by atoms with Gasteiger partial charge in [0.1, 0.15) is 18.0 Å². The summed E-state index contributed by atoms with van der Waals surface area (Å²) < 4.78 is 7.45. The summed E-state index contributed by atoms with van der Waals surface area (Å²) in [5, 5.41) is 36.8. The van der Waals surface area contributed by atoms with Crippen LogP contribution < -0.4 is 10.2 Å². The highest BCUT2D eigenvalue weighted by molar-refractivity contribution is 14.1. The Labute approximate surface area is 218 Å². The Morgan fingerprint density at radius 3 is 2.00 bits per heavy atom. The minimum absolute atomic E-state index is 0.00391. The zero-order valence-electron chi connectivity index (χ0n) is 16.9. The molecule has 0 spiro atoms. The quantitative estimate of drug-likeness (QED) is 0.131. The fourth-order valence-corrected chi connectivity index (χ4v) is 4.84. The first-order chi connectivity index (χ1) is 16.2. The van der Waals surface area contributed by atoms with Crippen molar-refractivity contribution in [2.45, 2.75) is 6.61 Å². The molecule has 3 rings (SSSR count). The third-order valence-electron chi connectivity index (χ3n) is 4.34. The standard InChI is InChI=1S/C20H13I2N5O7/c21-16-7-13(10-23-24-18-6-5-15(26(30)31)9-19(18)27(32)33)8-17(22)20(16)34-11-12-1-3-14(4-2-12)25(28)29/h1-10,24H,11H2/b23-10-. The molecular weight excluding hydrogens is 676 g/mol. The average Bonchev–Trinajstić information content (AvgIpc) is 2.78. The maximum absolute atomic E-state index is 11.2. The van der Waals surface area contributed by atoms with E-state index in [1.165, 1.54) is 24.4 Å². The third-order valence-corrected chi connectivity index (χ3v) is 5.94. The zero-order valence-corrected chi connectivity index (χ0v) is 21.2. The molecule has 12 nitrogen and oxygen atoms in total. The summed E-state index contributed by atoms with van der Waals surface area (Å²) in [5.74, 6) is 0.635. The van der Waals surface area contributed by atoms with Crippen LogP contribution in [0, 0.1) is 37.5 Å². The van der Waals surface area contributed by atoms with E-state index in [4.69, 9.17) is 4.74 Å². The van der Waals surface area contributed by atoms with E-state index < -0.39 is 26.1 Å². The molecule has 0 radical (unpaired) electrons. The molecule has 0 aliphatic rings. The van der Waals surface area contributed by atoms with Crippen LogP contribution in [0.2, 0.25) is 0 Å². The Balaban J connectivity index is 1.70. The Morgan fingerprint density at radius 1 is 0.853 bits per heavy atom. The van der Waals surface area contributed by atoms with Crippen molar-refractivity contribution in [1.82, 2.24) is 0 Å². The number of non-ortho nitro benzene ring substituents is 2. The predicted molar refractivity (Wildman–Crippen MR) is 140 cm³/mol. The molecule has 0 saturated heterocycles. The van der Waals surface area contributed by atoms with Gasteiger partial charge in [-0.1, -0.05) is 0 Å². The Kier molecular flexibility index (Phi) is 8.26. The van der Waals surface area contributed by atoms with Gasteiger partial charge in [0.15, 0.2) is 0 Å². The van der Waals surface area contributed by atoms with E-state index in [2.05, 4.69) is 55.7 Å². The van der Waals surface area contributed by atoms with Gasteiger partial charge in [0.2, 0.25) is 0 Å². The third kappa shape index (κ3) is 6.34. The van der Waals surface area contributed by atoms with Gasteiger partial charge in [0.05, 0.1) is 34.2 Å². The summed E-state index contributed by atoms with van der Waals surface area (Å²) in [6.07, 6.45) is 1.45. The molecule has 0 atom stereocenters. The van der Waals surface area contributed by atoms with E-state index in [9.17, 15) is 30.3 Å². The highest BCUT2D eigenvalue weighted by atomic mass is 127. The van der Waals surface area contributed by atoms with Gasteiger partial charge >= 0.3 is 5.69 Å². The van der Waals surface area contributed by atoms with Gasteiger partial charge < -0.3 is 4.74 Å². The molecule has 0 saturated carbocycles. The summed E-state index contributed by atoms with van der Waals surface area (Å²) >= 11 is 4.20. The monoisotopic (exact) mass is 689 g/mol. The van der Waals surface area contributed by atoms with Crippen LogP contribution in [0.15, 0.2) is 59.7 Å². The van der Waals surface area contributed by atoms with Crippen LogP contribution in [0.25, 0.3) is 0 Å². The highest BCUT2D eigenvalue weighted by Gasteiger charge is 2.19. The lowest BCUT2D eigenvalue weighted by Gasteiger charge is -2.11. The molecule has 0 heterocycles. The van der Waals surface area contributed by atoms with Gasteiger partial charge in [-0.2, -0.15) is 5.10 Å². The topological polar surface area (TPSA) is 163 Å². The minimum atomic E-state index is -0.728. The van der Waals surface area contributed by atoms with Crippen LogP contribution in [0.1, 0.15) is 11.1 Å². The second-order valence-corrected chi connectivity index (χ2v) is 8.94. The van der Waals surface area contributed by atoms with E-state index >= 15 is 0 Å². The van der Waals surface area contributed by atoms with Crippen molar-refractivity contribution >= 4 is 74.1 Å². The highest BCUT2D eigenvalue weighted by Crippen LogP contribution is 2.31. The molecule has 14 heteroatoms. The van der Waals surface area contributed by atoms with E-state index in [1.807, 2.05) is 0 Å². The number of halogens is 2. The molecule has 0 bridgehead atoms. The number of anilines is 1. The van der Waals surface area contributed by atoms with Crippen molar-refractivity contribution in [3.8, 4) is 5.75 Å². The lowest BCUT2D eigenvalue weighted by atomic mass is 10.2.